The van der Waals surface area contributed by atoms with Crippen LogP contribution in [-0.4, -0.2) is 47.1 Å². The van der Waals surface area contributed by atoms with Crippen molar-refractivity contribution in [3.05, 3.63) is 132 Å². The Balaban J connectivity index is 1.29. The molecule has 0 aliphatic rings. The number of urea groups is 1. The lowest BCUT2D eigenvalue weighted by molar-refractivity contribution is 0.210. The first-order valence-corrected chi connectivity index (χ1v) is 15.8. The van der Waals surface area contributed by atoms with E-state index in [2.05, 4.69) is 48.6 Å². The van der Waals surface area contributed by atoms with E-state index in [0.717, 1.165) is 34.8 Å². The number of nitrogens with zero attached hydrogens (tertiary/aromatic N) is 4. The van der Waals surface area contributed by atoms with E-state index in [4.69, 9.17) is 4.55 Å². The second-order valence-electron chi connectivity index (χ2n) is 9.84. The molecule has 5 aromatic rings. The first kappa shape index (κ1) is 30.2. The van der Waals surface area contributed by atoms with Crippen LogP contribution in [0.25, 0.3) is 11.4 Å². The summed E-state index contributed by atoms with van der Waals surface area (Å²) in [5, 5.41) is 3.36. The number of amides is 2. The number of pyridine rings is 1. The standard InChI is InChI=1S/C32H32N6O3S2/c39-32(36-31-35-30(37-42-31)27-16-14-24(15-17-27)23-34-43(40)41)38(21-18-28-13-7-8-20-33-28)22-19-29(25-9-3-1-4-10-25)26-11-5-2-6-12-26/h1-17,20,29,34H,18-19,21-23H2,(H,40,41)(H,35,36,37,39). The summed E-state index contributed by atoms with van der Waals surface area (Å²) < 4.78 is 26.7. The topological polar surface area (TPSA) is 120 Å². The van der Waals surface area contributed by atoms with Crippen molar-refractivity contribution in [2.45, 2.75) is 25.3 Å². The molecule has 0 aliphatic heterocycles. The smallest absolute Gasteiger partial charge is 0.323 e. The molecule has 0 spiro atoms. The zero-order valence-corrected chi connectivity index (χ0v) is 25.0. The second kappa shape index (κ2) is 15.3. The number of anilines is 1. The molecule has 9 nitrogen and oxygen atoms in total. The third-order valence-corrected chi connectivity index (χ3v) is 8.02. The molecule has 3 N–H and O–H groups in total. The van der Waals surface area contributed by atoms with Crippen LogP contribution in [0.3, 0.4) is 0 Å². The van der Waals surface area contributed by atoms with E-state index in [-0.39, 0.29) is 18.5 Å². The molecule has 2 amide bonds. The number of benzene rings is 3. The summed E-state index contributed by atoms with van der Waals surface area (Å²) in [6.07, 6.45) is 3.14. The van der Waals surface area contributed by atoms with Crippen molar-refractivity contribution in [3.8, 4) is 11.4 Å². The van der Waals surface area contributed by atoms with Gasteiger partial charge in [-0.05, 0) is 35.2 Å². The van der Waals surface area contributed by atoms with Crippen LogP contribution in [0.5, 0.6) is 0 Å². The molecule has 0 bridgehead atoms. The van der Waals surface area contributed by atoms with E-state index >= 15 is 0 Å². The Kier molecular flexibility index (Phi) is 10.7. The molecule has 1 unspecified atom stereocenters. The highest BCUT2D eigenvalue weighted by atomic mass is 32.2. The molecule has 43 heavy (non-hydrogen) atoms. The van der Waals surface area contributed by atoms with Crippen LogP contribution in [0, 0.1) is 0 Å². The van der Waals surface area contributed by atoms with E-state index in [0.29, 0.717) is 30.5 Å². The van der Waals surface area contributed by atoms with Gasteiger partial charge < -0.3 is 4.90 Å². The Morgan fingerprint density at radius 1 is 0.884 bits per heavy atom. The SMILES string of the molecule is O=C(Nc1nc(-c2ccc(CNS(=O)O)cc2)ns1)N(CCc1ccccn1)CCC(c1ccccc1)c1ccccc1. The monoisotopic (exact) mass is 612 g/mol. The number of aromatic nitrogens is 3. The van der Waals surface area contributed by atoms with E-state index in [1.165, 1.54) is 11.1 Å². The van der Waals surface area contributed by atoms with E-state index in [9.17, 15) is 9.00 Å². The Hall–Kier alpha value is -4.29. The highest BCUT2D eigenvalue weighted by Gasteiger charge is 2.20. The lowest BCUT2D eigenvalue weighted by Gasteiger charge is -2.26. The fourth-order valence-corrected chi connectivity index (χ4v) is 5.64. The lowest BCUT2D eigenvalue weighted by Crippen LogP contribution is -2.38. The van der Waals surface area contributed by atoms with Crippen LogP contribution in [-0.2, 0) is 24.2 Å². The van der Waals surface area contributed by atoms with E-state index in [1.807, 2.05) is 83.8 Å². The van der Waals surface area contributed by atoms with Crippen molar-refractivity contribution in [2.75, 3.05) is 18.4 Å². The van der Waals surface area contributed by atoms with Gasteiger partial charge in [0, 0.05) is 61.0 Å². The first-order valence-electron chi connectivity index (χ1n) is 13.9. The molecule has 2 aromatic heterocycles. The number of carbonyl (C=O) groups excluding carboxylic acids is 1. The molecule has 220 valence electrons. The van der Waals surface area contributed by atoms with Crippen LogP contribution in [0.4, 0.5) is 9.93 Å². The molecule has 0 fully saturated rings. The van der Waals surface area contributed by atoms with Gasteiger partial charge in [-0.1, -0.05) is 91.0 Å². The van der Waals surface area contributed by atoms with Crippen LogP contribution < -0.4 is 10.0 Å². The van der Waals surface area contributed by atoms with Gasteiger partial charge in [0.2, 0.25) is 16.4 Å². The Morgan fingerprint density at radius 2 is 1.56 bits per heavy atom. The Bertz CT molecular complexity index is 1560. The lowest BCUT2D eigenvalue weighted by atomic mass is 9.88. The van der Waals surface area contributed by atoms with Gasteiger partial charge in [-0.2, -0.15) is 9.36 Å². The molecule has 11 heteroatoms. The molecule has 2 heterocycles. The highest BCUT2D eigenvalue weighted by Crippen LogP contribution is 2.28. The van der Waals surface area contributed by atoms with Gasteiger partial charge in [-0.25, -0.2) is 13.7 Å². The maximum absolute atomic E-state index is 13.6. The van der Waals surface area contributed by atoms with Crippen LogP contribution in [0.15, 0.2) is 109 Å². The summed E-state index contributed by atoms with van der Waals surface area (Å²) in [6, 6.07) is 33.7. The zero-order valence-electron chi connectivity index (χ0n) is 23.4. The number of carbonyl (C=O) groups is 1. The van der Waals surface area contributed by atoms with Crippen molar-refractivity contribution in [1.82, 2.24) is 24.0 Å². The Labute approximate surface area is 257 Å². The molecule has 0 saturated carbocycles. The Morgan fingerprint density at radius 3 is 2.19 bits per heavy atom. The highest BCUT2D eigenvalue weighted by molar-refractivity contribution is 7.77. The number of hydrogen-bond donors (Lipinski definition) is 3. The summed E-state index contributed by atoms with van der Waals surface area (Å²) >= 11 is -0.948. The summed E-state index contributed by atoms with van der Waals surface area (Å²) in [4.78, 5) is 24.4. The average Bonchev–Trinajstić information content (AvgIpc) is 3.51. The fraction of sp³-hybridized carbons (Fsp3) is 0.188. The van der Waals surface area contributed by atoms with E-state index < -0.39 is 11.3 Å². The molecular formula is C32H32N6O3S2. The minimum Gasteiger partial charge on any atom is -0.324 e. The van der Waals surface area contributed by atoms with Crippen molar-refractivity contribution in [3.63, 3.8) is 0 Å². The fourth-order valence-electron chi connectivity index (χ4n) is 4.77. The number of hydrogen-bond acceptors (Lipinski definition) is 6. The first-order chi connectivity index (χ1) is 21.0. The molecular weight excluding hydrogens is 581 g/mol. The maximum Gasteiger partial charge on any atom is 0.323 e. The van der Waals surface area contributed by atoms with Gasteiger partial charge in [0.1, 0.15) is 0 Å². The van der Waals surface area contributed by atoms with Gasteiger partial charge in [0.05, 0.1) is 0 Å². The molecule has 0 saturated heterocycles. The average molecular weight is 613 g/mol. The minimum atomic E-state index is -2.07. The van der Waals surface area contributed by atoms with Crippen molar-refractivity contribution >= 4 is 34.0 Å². The van der Waals surface area contributed by atoms with Crippen molar-refractivity contribution in [2.24, 2.45) is 0 Å². The normalized spacial score (nSPS) is 11.8. The van der Waals surface area contributed by atoms with Crippen LogP contribution >= 0.6 is 11.5 Å². The van der Waals surface area contributed by atoms with Crippen molar-refractivity contribution < 1.29 is 13.6 Å². The largest absolute Gasteiger partial charge is 0.324 e. The molecule has 1 atom stereocenters. The van der Waals surface area contributed by atoms with Gasteiger partial charge in [-0.15, -0.1) is 0 Å². The molecule has 0 radical (unpaired) electrons. The van der Waals surface area contributed by atoms with Gasteiger partial charge in [-0.3, -0.25) is 14.9 Å². The molecule has 5 rings (SSSR count). The quantitative estimate of drug-likeness (QED) is 0.138. The predicted octanol–water partition coefficient (Wildman–Crippen LogP) is 6.13. The van der Waals surface area contributed by atoms with Crippen LogP contribution in [0.1, 0.15) is 34.7 Å². The third-order valence-electron chi connectivity index (χ3n) is 6.99. The minimum absolute atomic E-state index is 0.135. The predicted molar refractivity (Wildman–Crippen MR) is 171 cm³/mol. The summed E-state index contributed by atoms with van der Waals surface area (Å²) in [5.41, 5.74) is 4.97. The van der Waals surface area contributed by atoms with E-state index in [1.54, 1.807) is 6.20 Å². The van der Waals surface area contributed by atoms with Crippen LogP contribution in [0.2, 0.25) is 0 Å². The van der Waals surface area contributed by atoms with Gasteiger partial charge in [0.25, 0.3) is 0 Å². The maximum atomic E-state index is 13.6. The van der Waals surface area contributed by atoms with Gasteiger partial charge >= 0.3 is 6.03 Å². The summed E-state index contributed by atoms with van der Waals surface area (Å²) in [5.74, 6) is 0.634. The number of nitrogens with one attached hydrogen (secondary N) is 2. The second-order valence-corrected chi connectivity index (χ2v) is 11.4. The number of rotatable bonds is 13. The zero-order chi connectivity index (χ0) is 29.9. The summed E-state index contributed by atoms with van der Waals surface area (Å²) in [7, 11) is 0. The third kappa shape index (κ3) is 8.85. The molecule has 3 aromatic carbocycles. The van der Waals surface area contributed by atoms with Crippen molar-refractivity contribution in [1.29, 1.82) is 0 Å². The summed E-state index contributed by atoms with van der Waals surface area (Å²) in [6.45, 7) is 1.30. The van der Waals surface area contributed by atoms with Gasteiger partial charge in [0.15, 0.2) is 5.82 Å². The molecule has 0 aliphatic carbocycles.